The maximum absolute atomic E-state index is 13.2. The highest BCUT2D eigenvalue weighted by atomic mass is 19.4. The summed E-state index contributed by atoms with van der Waals surface area (Å²) in [7, 11) is 0. The molecule has 1 aliphatic heterocycles. The van der Waals surface area contributed by atoms with Crippen molar-refractivity contribution in [2.45, 2.75) is 50.9 Å². The first-order chi connectivity index (χ1) is 9.87. The number of alkyl halides is 3. The zero-order chi connectivity index (χ0) is 15.5. The third-order valence-corrected chi connectivity index (χ3v) is 4.01. The first kappa shape index (κ1) is 16.3. The Hall–Kier alpha value is -1.07. The van der Waals surface area contributed by atoms with Crippen molar-refractivity contribution in [1.29, 1.82) is 0 Å². The van der Waals surface area contributed by atoms with Crippen molar-refractivity contribution in [3.63, 3.8) is 0 Å². The van der Waals surface area contributed by atoms with Crippen LogP contribution in [0.15, 0.2) is 24.3 Å². The third-order valence-electron chi connectivity index (χ3n) is 4.01. The van der Waals surface area contributed by atoms with E-state index in [2.05, 4.69) is 12.2 Å². The SMILES string of the molecule is CCCNC1CCOC(C)(c2ccccc2C(F)(F)F)C1. The molecule has 21 heavy (non-hydrogen) atoms. The van der Waals surface area contributed by atoms with E-state index in [1.54, 1.807) is 13.0 Å². The molecule has 1 saturated heterocycles. The normalized spacial score (nSPS) is 26.8. The highest BCUT2D eigenvalue weighted by molar-refractivity contribution is 5.35. The minimum absolute atomic E-state index is 0.199. The number of ether oxygens (including phenoxy) is 1. The number of nitrogens with one attached hydrogen (secondary N) is 1. The third kappa shape index (κ3) is 3.77. The molecule has 1 aromatic carbocycles. The molecule has 0 aromatic heterocycles. The fourth-order valence-corrected chi connectivity index (χ4v) is 2.96. The molecule has 0 amide bonds. The zero-order valence-electron chi connectivity index (χ0n) is 12.5. The number of rotatable bonds is 4. The van der Waals surface area contributed by atoms with Crippen molar-refractivity contribution in [3.05, 3.63) is 35.4 Å². The van der Waals surface area contributed by atoms with E-state index in [4.69, 9.17) is 4.74 Å². The van der Waals surface area contributed by atoms with E-state index in [1.165, 1.54) is 12.1 Å². The van der Waals surface area contributed by atoms with Crippen molar-refractivity contribution < 1.29 is 17.9 Å². The zero-order valence-corrected chi connectivity index (χ0v) is 12.5. The fourth-order valence-electron chi connectivity index (χ4n) is 2.96. The quantitative estimate of drug-likeness (QED) is 0.904. The number of hydrogen-bond acceptors (Lipinski definition) is 2. The van der Waals surface area contributed by atoms with E-state index in [9.17, 15) is 13.2 Å². The Morgan fingerprint density at radius 1 is 1.33 bits per heavy atom. The van der Waals surface area contributed by atoms with Crippen LogP contribution >= 0.6 is 0 Å². The van der Waals surface area contributed by atoms with E-state index < -0.39 is 17.3 Å². The molecular formula is C16H22F3NO. The van der Waals surface area contributed by atoms with E-state index in [-0.39, 0.29) is 11.6 Å². The molecule has 2 rings (SSSR count). The maximum Gasteiger partial charge on any atom is 0.416 e. The van der Waals surface area contributed by atoms with Crippen LogP contribution in [0.25, 0.3) is 0 Å². The van der Waals surface area contributed by atoms with Gasteiger partial charge in [0, 0.05) is 12.6 Å². The molecule has 1 heterocycles. The number of benzene rings is 1. The molecule has 5 heteroatoms. The molecule has 0 radical (unpaired) electrons. The minimum Gasteiger partial charge on any atom is -0.370 e. The monoisotopic (exact) mass is 301 g/mol. The Kier molecular flexibility index (Phi) is 4.94. The van der Waals surface area contributed by atoms with Crippen LogP contribution in [0.5, 0.6) is 0 Å². The predicted octanol–water partition coefficient (Wildman–Crippen LogP) is 4.10. The standard InChI is InChI=1S/C16H22F3NO/c1-3-9-20-12-8-10-21-15(2,11-12)13-6-4-5-7-14(13)16(17,18)19/h4-7,12,20H,3,8-11H2,1-2H3. The van der Waals surface area contributed by atoms with Crippen LogP contribution in [0.3, 0.4) is 0 Å². The molecule has 1 aromatic rings. The van der Waals surface area contributed by atoms with Gasteiger partial charge in [0.2, 0.25) is 0 Å². The summed E-state index contributed by atoms with van der Waals surface area (Å²) in [5, 5.41) is 3.39. The molecule has 0 spiro atoms. The van der Waals surface area contributed by atoms with Gasteiger partial charge in [-0.3, -0.25) is 0 Å². The van der Waals surface area contributed by atoms with Gasteiger partial charge < -0.3 is 10.1 Å². The van der Waals surface area contributed by atoms with Crippen LogP contribution in [-0.2, 0) is 16.5 Å². The van der Waals surface area contributed by atoms with Crippen LogP contribution < -0.4 is 5.32 Å². The predicted molar refractivity (Wildman–Crippen MR) is 76.1 cm³/mol. The van der Waals surface area contributed by atoms with Crippen LogP contribution in [0.1, 0.15) is 44.2 Å². The van der Waals surface area contributed by atoms with Crippen molar-refractivity contribution in [3.8, 4) is 0 Å². The van der Waals surface area contributed by atoms with E-state index in [0.29, 0.717) is 13.0 Å². The molecule has 1 aliphatic rings. The van der Waals surface area contributed by atoms with Gasteiger partial charge >= 0.3 is 6.18 Å². The van der Waals surface area contributed by atoms with Crippen molar-refractivity contribution in [2.75, 3.05) is 13.2 Å². The second kappa shape index (κ2) is 6.36. The molecule has 0 saturated carbocycles. The van der Waals surface area contributed by atoms with Crippen LogP contribution in [0, 0.1) is 0 Å². The fraction of sp³-hybridized carbons (Fsp3) is 0.625. The van der Waals surface area contributed by atoms with Gasteiger partial charge in [0.1, 0.15) is 0 Å². The highest BCUT2D eigenvalue weighted by Gasteiger charge is 2.42. The van der Waals surface area contributed by atoms with Gasteiger partial charge in [0.25, 0.3) is 0 Å². The van der Waals surface area contributed by atoms with Gasteiger partial charge in [0.05, 0.1) is 11.2 Å². The van der Waals surface area contributed by atoms with Gasteiger partial charge in [-0.2, -0.15) is 13.2 Å². The lowest BCUT2D eigenvalue weighted by Gasteiger charge is -2.40. The molecule has 0 bridgehead atoms. The van der Waals surface area contributed by atoms with E-state index >= 15 is 0 Å². The summed E-state index contributed by atoms with van der Waals surface area (Å²) in [6.07, 6.45) is -1.95. The van der Waals surface area contributed by atoms with Gasteiger partial charge in [-0.05, 0) is 44.4 Å². The van der Waals surface area contributed by atoms with Crippen molar-refractivity contribution in [2.24, 2.45) is 0 Å². The van der Waals surface area contributed by atoms with Crippen molar-refractivity contribution >= 4 is 0 Å². The number of halogens is 3. The molecule has 1 N–H and O–H groups in total. The van der Waals surface area contributed by atoms with Crippen molar-refractivity contribution in [1.82, 2.24) is 5.32 Å². The first-order valence-electron chi connectivity index (χ1n) is 7.41. The van der Waals surface area contributed by atoms with Crippen LogP contribution in [0.4, 0.5) is 13.2 Å². The van der Waals surface area contributed by atoms with E-state index in [0.717, 1.165) is 25.5 Å². The molecule has 2 unspecified atom stereocenters. The summed E-state index contributed by atoms with van der Waals surface area (Å²) in [5.74, 6) is 0. The average Bonchev–Trinajstić information content (AvgIpc) is 2.44. The summed E-state index contributed by atoms with van der Waals surface area (Å²) in [4.78, 5) is 0. The summed E-state index contributed by atoms with van der Waals surface area (Å²) >= 11 is 0. The van der Waals surface area contributed by atoms with E-state index in [1.807, 2.05) is 0 Å². The topological polar surface area (TPSA) is 21.3 Å². The Morgan fingerprint density at radius 3 is 2.71 bits per heavy atom. The molecule has 1 fully saturated rings. The Bertz CT molecular complexity index is 475. The maximum atomic E-state index is 13.2. The smallest absolute Gasteiger partial charge is 0.370 e. The lowest BCUT2D eigenvalue weighted by atomic mass is 9.83. The molecular weight excluding hydrogens is 279 g/mol. The molecule has 2 nitrogen and oxygen atoms in total. The van der Waals surface area contributed by atoms with Gasteiger partial charge in [0.15, 0.2) is 0 Å². The lowest BCUT2D eigenvalue weighted by Crippen LogP contribution is -2.44. The molecule has 0 aliphatic carbocycles. The average molecular weight is 301 g/mol. The highest BCUT2D eigenvalue weighted by Crippen LogP contribution is 2.42. The van der Waals surface area contributed by atoms with Crippen LogP contribution in [0.2, 0.25) is 0 Å². The molecule has 2 atom stereocenters. The first-order valence-corrected chi connectivity index (χ1v) is 7.41. The Morgan fingerprint density at radius 2 is 2.05 bits per heavy atom. The number of hydrogen-bond donors (Lipinski definition) is 1. The largest absolute Gasteiger partial charge is 0.416 e. The summed E-state index contributed by atoms with van der Waals surface area (Å²) < 4.78 is 45.4. The Balaban J connectivity index is 2.27. The summed E-state index contributed by atoms with van der Waals surface area (Å²) in [6, 6.07) is 5.93. The van der Waals surface area contributed by atoms with Gasteiger partial charge in [-0.1, -0.05) is 25.1 Å². The van der Waals surface area contributed by atoms with Gasteiger partial charge in [-0.15, -0.1) is 0 Å². The Labute approximate surface area is 123 Å². The second-order valence-corrected chi connectivity index (χ2v) is 5.77. The van der Waals surface area contributed by atoms with Crippen LogP contribution in [-0.4, -0.2) is 19.2 Å². The summed E-state index contributed by atoms with van der Waals surface area (Å²) in [5.41, 5.74) is -1.25. The lowest BCUT2D eigenvalue weighted by molar-refractivity contribution is -0.144. The second-order valence-electron chi connectivity index (χ2n) is 5.77. The molecule has 118 valence electrons. The summed E-state index contributed by atoms with van der Waals surface area (Å²) in [6.45, 7) is 5.19. The van der Waals surface area contributed by atoms with Gasteiger partial charge in [-0.25, -0.2) is 0 Å². The minimum atomic E-state index is -4.35.